The third kappa shape index (κ3) is 3.70. The highest BCUT2D eigenvalue weighted by molar-refractivity contribution is 5.85. The van der Waals surface area contributed by atoms with Gasteiger partial charge >= 0.3 is 6.09 Å². The number of aromatic hydroxyl groups is 1. The summed E-state index contributed by atoms with van der Waals surface area (Å²) in [4.78, 5) is 15.6. The van der Waals surface area contributed by atoms with E-state index in [1.54, 1.807) is 13.0 Å². The van der Waals surface area contributed by atoms with Crippen molar-refractivity contribution < 1.29 is 14.6 Å². The minimum Gasteiger partial charge on any atom is -0.504 e. The van der Waals surface area contributed by atoms with Crippen molar-refractivity contribution in [3.05, 3.63) is 53.7 Å². The average Bonchev–Trinajstić information content (AvgIpc) is 2.42. The normalized spacial score (nSPS) is 9.95. The third-order valence-corrected chi connectivity index (χ3v) is 2.45. The van der Waals surface area contributed by atoms with Crippen LogP contribution in [0.15, 0.2) is 42.5 Å². The molecule has 2 N–H and O–H groups in total. The smallest absolute Gasteiger partial charge is 0.413 e. The van der Waals surface area contributed by atoms with Crippen LogP contribution in [0, 0.1) is 6.92 Å². The largest absolute Gasteiger partial charge is 0.504 e. The number of carbonyl (C=O) groups is 1. The molecule has 0 saturated carbocycles. The number of nitrogens with zero attached hydrogens (tertiary/aromatic N) is 1. The number of benzene rings is 1. The molecule has 98 valence electrons. The minimum absolute atomic E-state index is 0.0951. The lowest BCUT2D eigenvalue weighted by molar-refractivity contribution is 0.155. The molecule has 0 bridgehead atoms. The Morgan fingerprint density at radius 2 is 2.00 bits per heavy atom. The molecular formula is C14H14N2O3. The summed E-state index contributed by atoms with van der Waals surface area (Å²) in [5.74, 6) is 0.000299. The molecule has 5 nitrogen and oxygen atoms in total. The second-order valence-corrected chi connectivity index (χ2v) is 4.01. The van der Waals surface area contributed by atoms with Crippen LogP contribution >= 0.6 is 0 Å². The Hall–Kier alpha value is -2.56. The Balaban J connectivity index is 1.93. The molecule has 0 aliphatic heterocycles. The second kappa shape index (κ2) is 5.86. The number of ether oxygens (including phenoxy) is 1. The van der Waals surface area contributed by atoms with E-state index in [4.69, 9.17) is 4.74 Å². The zero-order valence-corrected chi connectivity index (χ0v) is 10.5. The van der Waals surface area contributed by atoms with Gasteiger partial charge in [0.15, 0.2) is 11.6 Å². The number of hydrogen-bond acceptors (Lipinski definition) is 4. The molecule has 1 aromatic carbocycles. The molecule has 0 unspecified atom stereocenters. The molecule has 0 saturated heterocycles. The molecular weight excluding hydrogens is 244 g/mol. The first kappa shape index (κ1) is 12.9. The van der Waals surface area contributed by atoms with Gasteiger partial charge in [-0.15, -0.1) is 0 Å². The number of aromatic nitrogens is 1. The van der Waals surface area contributed by atoms with Crippen LogP contribution in [-0.4, -0.2) is 16.2 Å². The van der Waals surface area contributed by atoms with Crippen LogP contribution in [0.4, 0.5) is 10.6 Å². The molecule has 0 aliphatic rings. The van der Waals surface area contributed by atoms with Crippen molar-refractivity contribution in [2.75, 3.05) is 5.32 Å². The van der Waals surface area contributed by atoms with Gasteiger partial charge in [0.2, 0.25) is 0 Å². The Bertz CT molecular complexity index is 570. The Morgan fingerprint density at radius 1 is 1.26 bits per heavy atom. The summed E-state index contributed by atoms with van der Waals surface area (Å²) in [6.07, 6.45) is -0.655. The Kier molecular flexibility index (Phi) is 3.97. The first-order valence-corrected chi connectivity index (χ1v) is 5.79. The van der Waals surface area contributed by atoms with Crippen molar-refractivity contribution >= 4 is 11.9 Å². The van der Waals surface area contributed by atoms with E-state index in [1.165, 1.54) is 6.07 Å². The molecule has 0 radical (unpaired) electrons. The van der Waals surface area contributed by atoms with Crippen molar-refractivity contribution in [1.82, 2.24) is 4.98 Å². The van der Waals surface area contributed by atoms with Crippen LogP contribution in [0.25, 0.3) is 0 Å². The summed E-state index contributed by atoms with van der Waals surface area (Å²) < 4.78 is 5.03. The van der Waals surface area contributed by atoms with Gasteiger partial charge < -0.3 is 9.84 Å². The molecule has 0 spiro atoms. The van der Waals surface area contributed by atoms with E-state index in [-0.39, 0.29) is 18.2 Å². The summed E-state index contributed by atoms with van der Waals surface area (Å²) in [6, 6.07) is 12.4. The first-order chi connectivity index (χ1) is 9.15. The fourth-order valence-electron chi connectivity index (χ4n) is 1.50. The summed E-state index contributed by atoms with van der Waals surface area (Å²) in [6.45, 7) is 1.93. The molecule has 5 heteroatoms. The molecule has 0 fully saturated rings. The second-order valence-electron chi connectivity index (χ2n) is 4.01. The van der Waals surface area contributed by atoms with E-state index in [0.29, 0.717) is 5.69 Å². The van der Waals surface area contributed by atoms with Crippen molar-refractivity contribution in [2.24, 2.45) is 0 Å². The number of carbonyl (C=O) groups excluding carboxylic acids is 1. The van der Waals surface area contributed by atoms with E-state index >= 15 is 0 Å². The molecule has 2 aromatic rings. The zero-order valence-electron chi connectivity index (χ0n) is 10.5. The fraction of sp³-hybridized carbons (Fsp3) is 0.143. The van der Waals surface area contributed by atoms with Crippen molar-refractivity contribution in [2.45, 2.75) is 13.5 Å². The first-order valence-electron chi connectivity index (χ1n) is 5.79. The average molecular weight is 258 g/mol. The van der Waals surface area contributed by atoms with Crippen molar-refractivity contribution in [3.63, 3.8) is 0 Å². The number of hydrogen-bond donors (Lipinski definition) is 2. The van der Waals surface area contributed by atoms with E-state index in [0.717, 1.165) is 5.56 Å². The minimum atomic E-state index is -0.655. The van der Waals surface area contributed by atoms with E-state index < -0.39 is 6.09 Å². The summed E-state index contributed by atoms with van der Waals surface area (Å²) >= 11 is 0. The number of aryl methyl sites for hydroxylation is 1. The highest BCUT2D eigenvalue weighted by Crippen LogP contribution is 2.20. The van der Waals surface area contributed by atoms with Gasteiger partial charge in [-0.25, -0.2) is 9.78 Å². The van der Waals surface area contributed by atoms with E-state index in [1.807, 2.05) is 30.3 Å². The monoisotopic (exact) mass is 258 g/mol. The lowest BCUT2D eigenvalue weighted by Gasteiger charge is -2.08. The summed E-state index contributed by atoms with van der Waals surface area (Å²) in [5, 5.41) is 11.9. The number of pyridine rings is 1. The number of rotatable bonds is 3. The number of nitrogens with one attached hydrogen (secondary N) is 1. The van der Waals surface area contributed by atoms with E-state index in [2.05, 4.69) is 10.3 Å². The fourth-order valence-corrected chi connectivity index (χ4v) is 1.50. The lowest BCUT2D eigenvalue weighted by atomic mass is 10.2. The third-order valence-electron chi connectivity index (χ3n) is 2.45. The van der Waals surface area contributed by atoms with Crippen molar-refractivity contribution in [3.8, 4) is 5.75 Å². The molecule has 19 heavy (non-hydrogen) atoms. The van der Waals surface area contributed by atoms with E-state index in [9.17, 15) is 9.90 Å². The summed E-state index contributed by atoms with van der Waals surface area (Å²) in [5.41, 5.74) is 1.58. The van der Waals surface area contributed by atoms with Gasteiger partial charge in [0.25, 0.3) is 0 Å². The Labute approximate surface area is 110 Å². The van der Waals surface area contributed by atoms with Gasteiger partial charge in [-0.2, -0.15) is 0 Å². The van der Waals surface area contributed by atoms with Crippen LogP contribution in [0.1, 0.15) is 11.3 Å². The molecule has 1 amide bonds. The topological polar surface area (TPSA) is 71.5 Å². The van der Waals surface area contributed by atoms with Crippen LogP contribution in [0.5, 0.6) is 5.75 Å². The van der Waals surface area contributed by atoms with Gasteiger partial charge in [-0.3, -0.25) is 5.32 Å². The maximum Gasteiger partial charge on any atom is 0.413 e. The standard InChI is InChI=1S/C14H14N2O3/c1-10-7-8-12(17)13(15-10)16-14(18)19-9-11-5-3-2-4-6-11/h2-8,17H,9H2,1H3,(H,15,16,18). The van der Waals surface area contributed by atoms with Gasteiger partial charge in [0.05, 0.1) is 0 Å². The molecule has 2 rings (SSSR count). The molecule has 1 aromatic heterocycles. The lowest BCUT2D eigenvalue weighted by Crippen LogP contribution is -2.14. The predicted molar refractivity (Wildman–Crippen MR) is 70.9 cm³/mol. The summed E-state index contributed by atoms with van der Waals surface area (Å²) in [7, 11) is 0. The van der Waals surface area contributed by atoms with Gasteiger partial charge in [-0.1, -0.05) is 30.3 Å². The van der Waals surface area contributed by atoms with Gasteiger partial charge in [0.1, 0.15) is 6.61 Å². The molecule has 1 heterocycles. The predicted octanol–water partition coefficient (Wildman–Crippen LogP) is 2.84. The van der Waals surface area contributed by atoms with Crippen LogP contribution in [0.3, 0.4) is 0 Å². The highest BCUT2D eigenvalue weighted by atomic mass is 16.5. The highest BCUT2D eigenvalue weighted by Gasteiger charge is 2.09. The van der Waals surface area contributed by atoms with Gasteiger partial charge in [-0.05, 0) is 24.6 Å². The maximum absolute atomic E-state index is 11.6. The SMILES string of the molecule is Cc1ccc(O)c(NC(=O)OCc2ccccc2)n1. The zero-order chi connectivity index (χ0) is 13.7. The van der Waals surface area contributed by atoms with Crippen LogP contribution < -0.4 is 5.32 Å². The van der Waals surface area contributed by atoms with Gasteiger partial charge in [0, 0.05) is 5.69 Å². The van der Waals surface area contributed by atoms with Crippen LogP contribution in [-0.2, 0) is 11.3 Å². The number of anilines is 1. The van der Waals surface area contributed by atoms with Crippen LogP contribution in [0.2, 0.25) is 0 Å². The molecule has 0 aliphatic carbocycles. The number of amides is 1. The maximum atomic E-state index is 11.6. The Morgan fingerprint density at radius 3 is 2.74 bits per heavy atom. The van der Waals surface area contributed by atoms with Crippen molar-refractivity contribution in [1.29, 1.82) is 0 Å². The molecule has 0 atom stereocenters. The quantitative estimate of drug-likeness (QED) is 0.888.